The summed E-state index contributed by atoms with van der Waals surface area (Å²) in [4.78, 5) is 27.3. The summed E-state index contributed by atoms with van der Waals surface area (Å²) in [5.74, 6) is 0.483. The number of rotatable bonds is 2. The minimum Gasteiger partial charge on any atom is -0.350 e. The molecule has 1 aliphatic carbocycles. The number of fused-ring (bicyclic) bond motifs is 3. The molecule has 2 aliphatic heterocycles. The van der Waals surface area contributed by atoms with Crippen molar-refractivity contribution in [2.45, 2.75) is 54.8 Å². The van der Waals surface area contributed by atoms with Gasteiger partial charge in [0.2, 0.25) is 5.91 Å². The highest BCUT2D eigenvalue weighted by Gasteiger charge is 2.57. The Balaban J connectivity index is 1.67. The van der Waals surface area contributed by atoms with Gasteiger partial charge in [-0.25, -0.2) is 0 Å². The maximum atomic E-state index is 13.1. The summed E-state index contributed by atoms with van der Waals surface area (Å²) in [6.45, 7) is 2.18. The van der Waals surface area contributed by atoms with Gasteiger partial charge in [0.05, 0.1) is 5.69 Å². The molecule has 2 heterocycles. The lowest BCUT2D eigenvalue weighted by molar-refractivity contribution is -0.125. The molecule has 1 saturated heterocycles. The van der Waals surface area contributed by atoms with Crippen LogP contribution in [-0.4, -0.2) is 22.7 Å². The van der Waals surface area contributed by atoms with Gasteiger partial charge >= 0.3 is 0 Å². The number of carbonyl (C=O) groups excluding carboxylic acids is 2. The molecule has 6 heteroatoms. The molecule has 2 amide bonds. The number of halogens is 1. The van der Waals surface area contributed by atoms with Crippen molar-refractivity contribution >= 4 is 40.9 Å². The summed E-state index contributed by atoms with van der Waals surface area (Å²) in [6.07, 6.45) is 4.30. The number of hydrogen-bond acceptors (Lipinski definition) is 3. The van der Waals surface area contributed by atoms with Gasteiger partial charge in [-0.15, -0.1) is 0 Å². The van der Waals surface area contributed by atoms with E-state index in [-0.39, 0.29) is 17.9 Å². The molecular formula is C17H19ClN2O2S. The van der Waals surface area contributed by atoms with Crippen LogP contribution >= 0.6 is 23.4 Å². The number of nitrogens with zero attached hydrogens (tertiary/aromatic N) is 1. The molecule has 122 valence electrons. The standard InChI is InChI=1S/C17H19ClN2O2S/c1-10-3-2-4-12(10)19-16(22)17-8-7-15(21)20(17)13-9-11(18)5-6-14(13)23-17/h5-6,9-10,12H,2-4,7-8H2,1H3,(H,19,22). The summed E-state index contributed by atoms with van der Waals surface area (Å²) in [5, 5.41) is 3.80. The SMILES string of the molecule is CC1CCCC1NC(=O)C12CCC(=O)N1c1cc(Cl)ccc1S2. The number of amides is 2. The fraction of sp³-hybridized carbons (Fsp3) is 0.529. The van der Waals surface area contributed by atoms with Crippen LogP contribution in [-0.2, 0) is 9.59 Å². The molecule has 1 aromatic rings. The first-order chi connectivity index (χ1) is 11.0. The Labute approximate surface area is 144 Å². The van der Waals surface area contributed by atoms with Gasteiger partial charge in [0.15, 0.2) is 4.87 Å². The molecule has 1 N–H and O–H groups in total. The number of nitrogens with one attached hydrogen (secondary N) is 1. The van der Waals surface area contributed by atoms with Crippen molar-refractivity contribution in [3.63, 3.8) is 0 Å². The summed E-state index contributed by atoms with van der Waals surface area (Å²) in [5.41, 5.74) is 0.777. The highest BCUT2D eigenvalue weighted by Crippen LogP contribution is 2.56. The van der Waals surface area contributed by atoms with Gasteiger partial charge in [-0.3, -0.25) is 14.5 Å². The Morgan fingerprint density at radius 2 is 2.26 bits per heavy atom. The van der Waals surface area contributed by atoms with Crippen LogP contribution in [0.25, 0.3) is 0 Å². The Morgan fingerprint density at radius 3 is 3.00 bits per heavy atom. The third-order valence-electron chi connectivity index (χ3n) is 5.26. The smallest absolute Gasteiger partial charge is 0.257 e. The Bertz CT molecular complexity index is 695. The topological polar surface area (TPSA) is 49.4 Å². The summed E-state index contributed by atoms with van der Waals surface area (Å²) in [7, 11) is 0. The van der Waals surface area contributed by atoms with Crippen molar-refractivity contribution in [3.8, 4) is 0 Å². The van der Waals surface area contributed by atoms with Gasteiger partial charge in [-0.05, 0) is 43.4 Å². The molecule has 2 fully saturated rings. The van der Waals surface area contributed by atoms with Crippen LogP contribution in [0.15, 0.2) is 23.1 Å². The molecular weight excluding hydrogens is 332 g/mol. The zero-order chi connectivity index (χ0) is 16.2. The van der Waals surface area contributed by atoms with E-state index in [1.165, 1.54) is 11.8 Å². The number of carbonyl (C=O) groups is 2. The lowest BCUT2D eigenvalue weighted by Gasteiger charge is -2.31. The van der Waals surface area contributed by atoms with E-state index in [0.29, 0.717) is 23.8 Å². The van der Waals surface area contributed by atoms with E-state index >= 15 is 0 Å². The monoisotopic (exact) mass is 350 g/mol. The maximum absolute atomic E-state index is 13.1. The minimum absolute atomic E-state index is 0.00753. The normalized spacial score (nSPS) is 32.1. The Hall–Kier alpha value is -1.20. The van der Waals surface area contributed by atoms with Crippen LogP contribution in [0, 0.1) is 5.92 Å². The number of thioether (sulfide) groups is 1. The second-order valence-corrected chi connectivity index (χ2v) is 8.47. The van der Waals surface area contributed by atoms with E-state index in [2.05, 4.69) is 12.2 Å². The lowest BCUT2D eigenvalue weighted by atomic mass is 10.1. The van der Waals surface area contributed by atoms with Crippen molar-refractivity contribution in [3.05, 3.63) is 23.2 Å². The van der Waals surface area contributed by atoms with Crippen LogP contribution in [0.4, 0.5) is 5.69 Å². The van der Waals surface area contributed by atoms with Gasteiger partial charge < -0.3 is 5.32 Å². The average Bonchev–Trinajstić information content (AvgIpc) is 3.15. The Morgan fingerprint density at radius 1 is 1.43 bits per heavy atom. The fourth-order valence-electron chi connectivity index (χ4n) is 3.96. The van der Waals surface area contributed by atoms with Gasteiger partial charge in [0, 0.05) is 22.4 Å². The van der Waals surface area contributed by atoms with Crippen molar-refractivity contribution in [1.29, 1.82) is 0 Å². The molecule has 0 bridgehead atoms. The fourth-order valence-corrected chi connectivity index (χ4v) is 5.53. The van der Waals surface area contributed by atoms with E-state index in [1.807, 2.05) is 12.1 Å². The largest absolute Gasteiger partial charge is 0.350 e. The van der Waals surface area contributed by atoms with Gasteiger partial charge in [0.1, 0.15) is 0 Å². The lowest BCUT2D eigenvalue weighted by Crippen LogP contribution is -2.55. The molecule has 4 rings (SSSR count). The van der Waals surface area contributed by atoms with Gasteiger partial charge in [0.25, 0.3) is 5.91 Å². The molecule has 1 saturated carbocycles. The van der Waals surface area contributed by atoms with E-state index in [1.54, 1.807) is 11.0 Å². The van der Waals surface area contributed by atoms with E-state index < -0.39 is 4.87 Å². The van der Waals surface area contributed by atoms with E-state index in [0.717, 1.165) is 29.8 Å². The van der Waals surface area contributed by atoms with Crippen LogP contribution in [0.2, 0.25) is 5.02 Å². The summed E-state index contributed by atoms with van der Waals surface area (Å²) in [6, 6.07) is 5.73. The van der Waals surface area contributed by atoms with Gasteiger partial charge in [-0.2, -0.15) is 0 Å². The van der Waals surface area contributed by atoms with Crippen LogP contribution < -0.4 is 10.2 Å². The summed E-state index contributed by atoms with van der Waals surface area (Å²) < 4.78 is 0. The minimum atomic E-state index is -0.827. The average molecular weight is 351 g/mol. The predicted octanol–water partition coefficient (Wildman–Crippen LogP) is 3.57. The highest BCUT2D eigenvalue weighted by molar-refractivity contribution is 8.02. The first-order valence-corrected chi connectivity index (χ1v) is 9.33. The van der Waals surface area contributed by atoms with E-state index in [4.69, 9.17) is 11.6 Å². The molecule has 0 radical (unpaired) electrons. The predicted molar refractivity (Wildman–Crippen MR) is 91.7 cm³/mol. The first-order valence-electron chi connectivity index (χ1n) is 8.14. The Kier molecular flexibility index (Phi) is 3.61. The zero-order valence-corrected chi connectivity index (χ0v) is 14.5. The molecule has 4 nitrogen and oxygen atoms in total. The van der Waals surface area contributed by atoms with Crippen molar-refractivity contribution < 1.29 is 9.59 Å². The molecule has 1 aromatic carbocycles. The molecule has 0 aromatic heterocycles. The van der Waals surface area contributed by atoms with Gasteiger partial charge in [-0.1, -0.05) is 36.7 Å². The van der Waals surface area contributed by atoms with Crippen LogP contribution in [0.1, 0.15) is 39.0 Å². The maximum Gasteiger partial charge on any atom is 0.257 e. The van der Waals surface area contributed by atoms with Crippen molar-refractivity contribution in [1.82, 2.24) is 5.32 Å². The number of hydrogen-bond donors (Lipinski definition) is 1. The van der Waals surface area contributed by atoms with Crippen molar-refractivity contribution in [2.75, 3.05) is 4.90 Å². The quantitative estimate of drug-likeness (QED) is 0.887. The zero-order valence-electron chi connectivity index (χ0n) is 13.0. The third-order valence-corrected chi connectivity index (χ3v) is 6.97. The molecule has 3 unspecified atom stereocenters. The molecule has 23 heavy (non-hydrogen) atoms. The highest BCUT2D eigenvalue weighted by atomic mass is 35.5. The molecule has 0 spiro atoms. The summed E-state index contributed by atoms with van der Waals surface area (Å²) >= 11 is 7.59. The second kappa shape index (κ2) is 5.42. The van der Waals surface area contributed by atoms with Crippen LogP contribution in [0.5, 0.6) is 0 Å². The van der Waals surface area contributed by atoms with E-state index in [9.17, 15) is 9.59 Å². The molecule has 3 aliphatic rings. The second-order valence-electron chi connectivity index (χ2n) is 6.72. The number of benzene rings is 1. The number of anilines is 1. The third kappa shape index (κ3) is 2.28. The van der Waals surface area contributed by atoms with Crippen LogP contribution in [0.3, 0.4) is 0 Å². The molecule has 3 atom stereocenters. The first kappa shape index (κ1) is 15.3. The van der Waals surface area contributed by atoms with Crippen molar-refractivity contribution in [2.24, 2.45) is 5.92 Å².